The molecule has 0 amide bonds. The molecule has 1 rings (SSSR count). The Morgan fingerprint density at radius 3 is 2.79 bits per heavy atom. The predicted octanol–water partition coefficient (Wildman–Crippen LogP) is 1.02. The summed E-state index contributed by atoms with van der Waals surface area (Å²) in [4.78, 5) is 4.08. The zero-order valence-corrected chi connectivity index (χ0v) is 9.07. The summed E-state index contributed by atoms with van der Waals surface area (Å²) in [6.45, 7) is 6.32. The van der Waals surface area contributed by atoms with E-state index >= 15 is 0 Å². The lowest BCUT2D eigenvalue weighted by atomic mass is 10.0. The van der Waals surface area contributed by atoms with Gasteiger partial charge in [0.25, 0.3) is 0 Å². The van der Waals surface area contributed by atoms with Crippen LogP contribution in [0.15, 0.2) is 12.5 Å². The summed E-state index contributed by atoms with van der Waals surface area (Å²) < 4.78 is 2.04. The standard InChI is InChI=1S/C10H19N3O/c1-4-10(2,3)13-7-12-5-9(13)8(11)6-14/h5,7-8,14H,4,6,11H2,1-3H3. The van der Waals surface area contributed by atoms with E-state index in [9.17, 15) is 0 Å². The third-order valence-corrected chi connectivity index (χ3v) is 2.76. The molecule has 0 fully saturated rings. The molecule has 0 aliphatic rings. The lowest BCUT2D eigenvalue weighted by Crippen LogP contribution is -2.30. The fraction of sp³-hybridized carbons (Fsp3) is 0.700. The first-order chi connectivity index (χ1) is 6.53. The van der Waals surface area contributed by atoms with E-state index in [0.717, 1.165) is 12.1 Å². The van der Waals surface area contributed by atoms with Crippen LogP contribution < -0.4 is 5.73 Å². The molecule has 4 heteroatoms. The summed E-state index contributed by atoms with van der Waals surface area (Å²) in [7, 11) is 0. The Bertz CT molecular complexity index is 293. The molecule has 1 heterocycles. The first-order valence-electron chi connectivity index (χ1n) is 4.92. The number of nitrogens with two attached hydrogens (primary N) is 1. The SMILES string of the molecule is CCC(C)(C)n1cncc1C(N)CO. The number of rotatable bonds is 4. The predicted molar refractivity (Wildman–Crippen MR) is 55.9 cm³/mol. The third-order valence-electron chi connectivity index (χ3n) is 2.76. The second kappa shape index (κ2) is 4.11. The van der Waals surface area contributed by atoms with Gasteiger partial charge in [-0.15, -0.1) is 0 Å². The van der Waals surface area contributed by atoms with Gasteiger partial charge >= 0.3 is 0 Å². The van der Waals surface area contributed by atoms with Crippen molar-refractivity contribution in [3.8, 4) is 0 Å². The highest BCUT2D eigenvalue weighted by molar-refractivity contribution is 5.07. The second-order valence-corrected chi connectivity index (χ2v) is 4.14. The van der Waals surface area contributed by atoms with E-state index in [0.29, 0.717) is 0 Å². The fourth-order valence-corrected chi connectivity index (χ4v) is 1.35. The molecule has 0 radical (unpaired) electrons. The Kier molecular flexibility index (Phi) is 3.29. The zero-order valence-electron chi connectivity index (χ0n) is 9.07. The molecule has 0 bridgehead atoms. The largest absolute Gasteiger partial charge is 0.394 e. The highest BCUT2D eigenvalue weighted by Crippen LogP contribution is 2.23. The van der Waals surface area contributed by atoms with Gasteiger partial charge in [0.15, 0.2) is 0 Å². The van der Waals surface area contributed by atoms with E-state index in [4.69, 9.17) is 10.8 Å². The number of imidazole rings is 1. The van der Waals surface area contributed by atoms with Crippen LogP contribution in [0.2, 0.25) is 0 Å². The Morgan fingerprint density at radius 1 is 1.64 bits per heavy atom. The van der Waals surface area contributed by atoms with Crippen molar-refractivity contribution in [2.75, 3.05) is 6.61 Å². The molecule has 0 aromatic carbocycles. The van der Waals surface area contributed by atoms with Crippen LogP contribution in [0, 0.1) is 0 Å². The van der Waals surface area contributed by atoms with Gasteiger partial charge in [-0.3, -0.25) is 0 Å². The molecular formula is C10H19N3O. The molecule has 14 heavy (non-hydrogen) atoms. The third kappa shape index (κ3) is 1.96. The second-order valence-electron chi connectivity index (χ2n) is 4.14. The molecule has 3 N–H and O–H groups in total. The van der Waals surface area contributed by atoms with Gasteiger partial charge in [-0.2, -0.15) is 0 Å². The highest BCUT2D eigenvalue weighted by Gasteiger charge is 2.22. The van der Waals surface area contributed by atoms with Gasteiger partial charge < -0.3 is 15.4 Å². The van der Waals surface area contributed by atoms with Crippen LogP contribution in [0.5, 0.6) is 0 Å². The number of nitrogens with zero attached hydrogens (tertiary/aromatic N) is 2. The maximum Gasteiger partial charge on any atom is 0.0953 e. The lowest BCUT2D eigenvalue weighted by Gasteiger charge is -2.28. The molecule has 80 valence electrons. The van der Waals surface area contributed by atoms with Gasteiger partial charge in [-0.1, -0.05) is 6.92 Å². The van der Waals surface area contributed by atoms with Gasteiger partial charge in [-0.05, 0) is 20.3 Å². The summed E-state index contributed by atoms with van der Waals surface area (Å²) in [6, 6.07) is -0.344. The number of aliphatic hydroxyl groups excluding tert-OH is 1. The van der Waals surface area contributed by atoms with Gasteiger partial charge in [0.2, 0.25) is 0 Å². The number of aromatic nitrogens is 2. The monoisotopic (exact) mass is 197 g/mol. The van der Waals surface area contributed by atoms with Crippen LogP contribution in [0.4, 0.5) is 0 Å². The van der Waals surface area contributed by atoms with Crippen molar-refractivity contribution in [1.29, 1.82) is 0 Å². The number of aliphatic hydroxyl groups is 1. The highest BCUT2D eigenvalue weighted by atomic mass is 16.3. The minimum absolute atomic E-state index is 0.00137. The summed E-state index contributed by atoms with van der Waals surface area (Å²) in [6.07, 6.45) is 4.49. The average Bonchev–Trinajstić information content (AvgIpc) is 2.65. The van der Waals surface area contributed by atoms with Crippen LogP contribution in [0.1, 0.15) is 38.9 Å². The molecule has 1 aromatic heterocycles. The van der Waals surface area contributed by atoms with E-state index in [-0.39, 0.29) is 18.2 Å². The van der Waals surface area contributed by atoms with Gasteiger partial charge in [0, 0.05) is 11.7 Å². The number of hydrogen-bond donors (Lipinski definition) is 2. The minimum Gasteiger partial charge on any atom is -0.394 e. The van der Waals surface area contributed by atoms with Crippen molar-refractivity contribution in [3.05, 3.63) is 18.2 Å². The first-order valence-corrected chi connectivity index (χ1v) is 4.92. The van der Waals surface area contributed by atoms with Crippen molar-refractivity contribution in [3.63, 3.8) is 0 Å². The van der Waals surface area contributed by atoms with Crippen LogP contribution in [-0.4, -0.2) is 21.3 Å². The van der Waals surface area contributed by atoms with E-state index < -0.39 is 0 Å². The van der Waals surface area contributed by atoms with Crippen molar-refractivity contribution in [1.82, 2.24) is 9.55 Å². The molecular weight excluding hydrogens is 178 g/mol. The topological polar surface area (TPSA) is 64.1 Å². The summed E-state index contributed by atoms with van der Waals surface area (Å²) >= 11 is 0. The Hall–Kier alpha value is -0.870. The number of hydrogen-bond acceptors (Lipinski definition) is 3. The van der Waals surface area contributed by atoms with E-state index in [2.05, 4.69) is 25.8 Å². The molecule has 1 unspecified atom stereocenters. The molecule has 1 atom stereocenters. The van der Waals surface area contributed by atoms with E-state index in [1.165, 1.54) is 0 Å². The minimum atomic E-state index is -0.344. The van der Waals surface area contributed by atoms with Crippen molar-refractivity contribution in [2.24, 2.45) is 5.73 Å². The lowest BCUT2D eigenvalue weighted by molar-refractivity contribution is 0.251. The van der Waals surface area contributed by atoms with Crippen molar-refractivity contribution >= 4 is 0 Å². The molecule has 0 aliphatic carbocycles. The van der Waals surface area contributed by atoms with Gasteiger partial charge in [0.05, 0.1) is 24.7 Å². The Balaban J connectivity index is 3.04. The zero-order chi connectivity index (χ0) is 10.8. The average molecular weight is 197 g/mol. The normalized spacial score (nSPS) is 14.4. The van der Waals surface area contributed by atoms with Crippen molar-refractivity contribution in [2.45, 2.75) is 38.8 Å². The maximum atomic E-state index is 9.00. The summed E-state index contributed by atoms with van der Waals surface area (Å²) in [5.74, 6) is 0. The van der Waals surface area contributed by atoms with Gasteiger partial charge in [0.1, 0.15) is 0 Å². The molecule has 0 saturated heterocycles. The van der Waals surface area contributed by atoms with E-state index in [1.54, 1.807) is 12.5 Å². The Labute approximate surface area is 84.8 Å². The quantitative estimate of drug-likeness (QED) is 0.757. The van der Waals surface area contributed by atoms with Crippen LogP contribution in [-0.2, 0) is 5.54 Å². The molecule has 0 spiro atoms. The first kappa shape index (κ1) is 11.2. The van der Waals surface area contributed by atoms with Gasteiger partial charge in [-0.25, -0.2) is 4.98 Å². The fourth-order valence-electron chi connectivity index (χ4n) is 1.35. The van der Waals surface area contributed by atoms with Crippen LogP contribution >= 0.6 is 0 Å². The smallest absolute Gasteiger partial charge is 0.0953 e. The maximum absolute atomic E-state index is 9.00. The molecule has 1 aromatic rings. The Morgan fingerprint density at radius 2 is 2.29 bits per heavy atom. The molecule has 0 aliphatic heterocycles. The summed E-state index contributed by atoms with van der Waals surface area (Å²) in [5, 5.41) is 9.00. The van der Waals surface area contributed by atoms with Crippen molar-refractivity contribution < 1.29 is 5.11 Å². The summed E-state index contributed by atoms with van der Waals surface area (Å²) in [5.41, 5.74) is 6.67. The van der Waals surface area contributed by atoms with E-state index in [1.807, 2.05) is 4.57 Å². The molecule has 4 nitrogen and oxygen atoms in total. The van der Waals surface area contributed by atoms with Crippen LogP contribution in [0.3, 0.4) is 0 Å². The van der Waals surface area contributed by atoms with Crippen LogP contribution in [0.25, 0.3) is 0 Å². The molecule has 0 saturated carbocycles.